The van der Waals surface area contributed by atoms with E-state index in [0.29, 0.717) is 12.2 Å². The molecule has 0 spiro atoms. The quantitative estimate of drug-likeness (QED) is 0.888. The van der Waals surface area contributed by atoms with Crippen LogP contribution in [0, 0.1) is 0 Å². The number of alkyl halides is 3. The van der Waals surface area contributed by atoms with Crippen LogP contribution < -0.4 is 14.8 Å². The molecule has 1 N–H and O–H groups in total. The van der Waals surface area contributed by atoms with Gasteiger partial charge in [0.1, 0.15) is 6.33 Å². The first-order valence-electron chi connectivity index (χ1n) is 6.33. The molecule has 0 radical (unpaired) electrons. The zero-order valence-corrected chi connectivity index (χ0v) is 11.7. The maximum absolute atomic E-state index is 12.2. The van der Waals surface area contributed by atoms with Crippen molar-refractivity contribution in [1.29, 1.82) is 0 Å². The van der Waals surface area contributed by atoms with Gasteiger partial charge in [0.2, 0.25) is 0 Å². The van der Waals surface area contributed by atoms with Gasteiger partial charge in [-0.05, 0) is 12.1 Å². The van der Waals surface area contributed by atoms with Crippen LogP contribution >= 0.6 is 0 Å². The zero-order valence-electron chi connectivity index (χ0n) is 11.7. The van der Waals surface area contributed by atoms with Crippen LogP contribution in [0.4, 0.5) is 18.9 Å². The van der Waals surface area contributed by atoms with Gasteiger partial charge in [0.15, 0.2) is 18.1 Å². The summed E-state index contributed by atoms with van der Waals surface area (Å²) in [5.74, 6) is 0.256. The molecule has 0 atom stereocenters. The minimum absolute atomic E-state index is 0.0356. The van der Waals surface area contributed by atoms with Crippen molar-refractivity contribution in [1.82, 2.24) is 9.97 Å². The molecule has 0 bridgehead atoms. The summed E-state index contributed by atoms with van der Waals surface area (Å²) in [6.07, 6.45) is 0.366. The molecule has 0 aliphatic carbocycles. The zero-order chi connectivity index (χ0) is 16.0. The third-order valence-corrected chi connectivity index (χ3v) is 2.67. The molecule has 0 amide bonds. The highest BCUT2D eigenvalue weighted by Gasteiger charge is 2.29. The van der Waals surface area contributed by atoms with Gasteiger partial charge in [0, 0.05) is 36.3 Å². The van der Waals surface area contributed by atoms with Crippen molar-refractivity contribution in [3.63, 3.8) is 0 Å². The number of halogens is 3. The summed E-state index contributed by atoms with van der Waals surface area (Å²) in [5, 5.41) is 3.10. The molecule has 2 aromatic rings. The predicted octanol–water partition coefficient (Wildman–Crippen LogP) is 3.04. The Balaban J connectivity index is 2.02. The van der Waals surface area contributed by atoms with Crippen LogP contribution in [-0.2, 0) is 6.54 Å². The average Bonchev–Trinajstić information content (AvgIpc) is 2.51. The number of ether oxygens (including phenoxy) is 2. The Kier molecular flexibility index (Phi) is 5.03. The van der Waals surface area contributed by atoms with Crippen molar-refractivity contribution in [2.24, 2.45) is 0 Å². The second-order valence-electron chi connectivity index (χ2n) is 4.37. The summed E-state index contributed by atoms with van der Waals surface area (Å²) in [6.45, 7) is -0.885. The number of aromatic nitrogens is 2. The van der Waals surface area contributed by atoms with Gasteiger partial charge in [-0.3, -0.25) is 0 Å². The Labute approximate surface area is 125 Å². The van der Waals surface area contributed by atoms with Crippen LogP contribution in [0.15, 0.2) is 36.9 Å². The van der Waals surface area contributed by atoms with Gasteiger partial charge >= 0.3 is 6.18 Å². The average molecular weight is 313 g/mol. The molecule has 0 aliphatic rings. The highest BCUT2D eigenvalue weighted by atomic mass is 19.4. The lowest BCUT2D eigenvalue weighted by atomic mass is 10.2. The lowest BCUT2D eigenvalue weighted by Crippen LogP contribution is -2.19. The molecule has 22 heavy (non-hydrogen) atoms. The molecule has 0 unspecified atom stereocenters. The van der Waals surface area contributed by atoms with E-state index in [-0.39, 0.29) is 11.5 Å². The smallest absolute Gasteiger partial charge is 0.422 e. The van der Waals surface area contributed by atoms with E-state index in [1.165, 1.54) is 19.5 Å². The summed E-state index contributed by atoms with van der Waals surface area (Å²) < 4.78 is 46.3. The van der Waals surface area contributed by atoms with Crippen LogP contribution in [0.5, 0.6) is 11.5 Å². The van der Waals surface area contributed by atoms with E-state index in [1.807, 2.05) is 0 Å². The standard InChI is InChI=1S/C14H14F3N3O2/c1-21-13-4-11(20-7-10-5-18-9-19-6-10)2-3-12(13)22-8-14(15,16)17/h2-6,9,20H,7-8H2,1H3. The summed E-state index contributed by atoms with van der Waals surface area (Å²) in [4.78, 5) is 7.78. The normalized spacial score (nSPS) is 11.1. The van der Waals surface area contributed by atoms with E-state index in [1.54, 1.807) is 24.5 Å². The van der Waals surface area contributed by atoms with Crippen molar-refractivity contribution in [2.45, 2.75) is 12.7 Å². The van der Waals surface area contributed by atoms with Gasteiger partial charge in [-0.1, -0.05) is 0 Å². The van der Waals surface area contributed by atoms with Gasteiger partial charge in [-0.15, -0.1) is 0 Å². The number of rotatable bonds is 6. The Morgan fingerprint density at radius 2 is 1.86 bits per heavy atom. The molecule has 0 saturated carbocycles. The summed E-state index contributed by atoms with van der Waals surface area (Å²) in [7, 11) is 1.37. The molecular weight excluding hydrogens is 299 g/mol. The summed E-state index contributed by atoms with van der Waals surface area (Å²) in [5.41, 5.74) is 1.55. The second-order valence-corrected chi connectivity index (χ2v) is 4.37. The number of nitrogens with one attached hydrogen (secondary N) is 1. The van der Waals surface area contributed by atoms with Crippen LogP contribution in [0.2, 0.25) is 0 Å². The minimum atomic E-state index is -4.39. The van der Waals surface area contributed by atoms with Crippen LogP contribution in [-0.4, -0.2) is 29.9 Å². The highest BCUT2D eigenvalue weighted by molar-refractivity contribution is 5.54. The maximum Gasteiger partial charge on any atom is 0.422 e. The SMILES string of the molecule is COc1cc(NCc2cncnc2)ccc1OCC(F)(F)F. The van der Waals surface area contributed by atoms with Gasteiger partial charge in [-0.2, -0.15) is 13.2 Å². The van der Waals surface area contributed by atoms with Crippen molar-refractivity contribution in [2.75, 3.05) is 19.0 Å². The predicted molar refractivity (Wildman–Crippen MR) is 73.9 cm³/mol. The van der Waals surface area contributed by atoms with E-state index in [4.69, 9.17) is 9.47 Å². The lowest BCUT2D eigenvalue weighted by Gasteiger charge is -2.14. The number of methoxy groups -OCH3 is 1. The van der Waals surface area contributed by atoms with E-state index in [2.05, 4.69) is 15.3 Å². The topological polar surface area (TPSA) is 56.3 Å². The van der Waals surface area contributed by atoms with Crippen molar-refractivity contribution >= 4 is 5.69 Å². The molecule has 5 nitrogen and oxygen atoms in total. The maximum atomic E-state index is 12.2. The van der Waals surface area contributed by atoms with E-state index in [9.17, 15) is 13.2 Å². The molecule has 0 fully saturated rings. The molecule has 8 heteroatoms. The number of benzene rings is 1. The van der Waals surface area contributed by atoms with Gasteiger partial charge < -0.3 is 14.8 Å². The van der Waals surface area contributed by atoms with Crippen molar-refractivity contribution in [3.8, 4) is 11.5 Å². The Hall–Kier alpha value is -2.51. The fourth-order valence-corrected chi connectivity index (χ4v) is 1.68. The number of hydrogen-bond donors (Lipinski definition) is 1. The molecule has 0 aliphatic heterocycles. The van der Waals surface area contributed by atoms with Crippen LogP contribution in [0.1, 0.15) is 5.56 Å². The van der Waals surface area contributed by atoms with Gasteiger partial charge in [0.25, 0.3) is 0 Å². The summed E-state index contributed by atoms with van der Waals surface area (Å²) in [6, 6.07) is 4.60. The molecular formula is C14H14F3N3O2. The Morgan fingerprint density at radius 1 is 1.14 bits per heavy atom. The first kappa shape index (κ1) is 15.9. The summed E-state index contributed by atoms with van der Waals surface area (Å²) >= 11 is 0. The first-order valence-corrected chi connectivity index (χ1v) is 6.33. The van der Waals surface area contributed by atoms with E-state index >= 15 is 0 Å². The van der Waals surface area contributed by atoms with E-state index < -0.39 is 12.8 Å². The van der Waals surface area contributed by atoms with E-state index in [0.717, 1.165) is 5.56 Å². The molecule has 1 aromatic heterocycles. The molecule has 118 valence electrons. The highest BCUT2D eigenvalue weighted by Crippen LogP contribution is 2.31. The number of anilines is 1. The monoisotopic (exact) mass is 313 g/mol. The Morgan fingerprint density at radius 3 is 2.50 bits per heavy atom. The van der Waals surface area contributed by atoms with Gasteiger partial charge in [0.05, 0.1) is 7.11 Å². The second kappa shape index (κ2) is 6.97. The fraction of sp³-hybridized carbons (Fsp3) is 0.286. The fourth-order valence-electron chi connectivity index (χ4n) is 1.68. The molecule has 1 aromatic carbocycles. The molecule has 0 saturated heterocycles. The number of nitrogens with zero attached hydrogens (tertiary/aromatic N) is 2. The van der Waals surface area contributed by atoms with Gasteiger partial charge in [-0.25, -0.2) is 9.97 Å². The largest absolute Gasteiger partial charge is 0.493 e. The third-order valence-electron chi connectivity index (χ3n) is 2.67. The van der Waals surface area contributed by atoms with Crippen molar-refractivity contribution in [3.05, 3.63) is 42.5 Å². The third kappa shape index (κ3) is 4.80. The first-order chi connectivity index (χ1) is 10.5. The van der Waals surface area contributed by atoms with Crippen LogP contribution in [0.25, 0.3) is 0 Å². The minimum Gasteiger partial charge on any atom is -0.493 e. The number of hydrogen-bond acceptors (Lipinski definition) is 5. The molecule has 2 rings (SSSR count). The lowest BCUT2D eigenvalue weighted by molar-refractivity contribution is -0.153. The Bertz CT molecular complexity index is 606. The van der Waals surface area contributed by atoms with Crippen molar-refractivity contribution < 1.29 is 22.6 Å². The van der Waals surface area contributed by atoms with Crippen LogP contribution in [0.3, 0.4) is 0 Å². The molecule has 1 heterocycles.